The molecule has 0 unspecified atom stereocenters. The lowest BCUT2D eigenvalue weighted by Crippen LogP contribution is -2.49. The minimum atomic E-state index is -0.0783. The molecule has 5 heterocycles. The average Bonchev–Trinajstić information content (AvgIpc) is 3.36. The highest BCUT2D eigenvalue weighted by molar-refractivity contribution is 7.17. The molecule has 0 atom stereocenters. The first-order valence-electron chi connectivity index (χ1n) is 8.31. The van der Waals surface area contributed by atoms with Gasteiger partial charge in [0.2, 0.25) is 0 Å². The molecule has 0 aromatic carbocycles. The van der Waals surface area contributed by atoms with Gasteiger partial charge in [0.25, 0.3) is 5.91 Å². The second-order valence-electron chi connectivity index (χ2n) is 6.05. The molecular weight excluding hydrogens is 350 g/mol. The van der Waals surface area contributed by atoms with Crippen LogP contribution in [0.4, 0.5) is 5.82 Å². The predicted octanol–water partition coefficient (Wildman–Crippen LogP) is 1.70. The predicted molar refractivity (Wildman–Crippen MR) is 98.5 cm³/mol. The molecule has 0 bridgehead atoms. The van der Waals surface area contributed by atoms with E-state index >= 15 is 0 Å². The van der Waals surface area contributed by atoms with Crippen molar-refractivity contribution in [1.82, 2.24) is 29.2 Å². The molecule has 9 heteroatoms. The Kier molecular flexibility index (Phi) is 3.52. The van der Waals surface area contributed by atoms with Crippen LogP contribution in [0.1, 0.15) is 10.5 Å². The number of aromatic nitrogens is 5. The highest BCUT2D eigenvalue weighted by Crippen LogP contribution is 2.28. The lowest BCUT2D eigenvalue weighted by atomic mass is 10.2. The summed E-state index contributed by atoms with van der Waals surface area (Å²) in [6.07, 6.45) is 8.51. The standard InChI is InChI=1S/C17H15N7OS/c25-17(13-15-19-3-5-22(15)4-2-18-13)24-8-6-23(7-9-24)16-14-12(1-10-26-14)20-11-21-16/h1-5,10-11H,6-9H2. The Morgan fingerprint density at radius 2 is 1.81 bits per heavy atom. The van der Waals surface area contributed by atoms with Crippen LogP contribution in [0.3, 0.4) is 0 Å². The number of thiophene rings is 1. The molecule has 4 aromatic heterocycles. The van der Waals surface area contributed by atoms with Crippen molar-refractivity contribution < 1.29 is 4.79 Å². The molecule has 0 spiro atoms. The van der Waals surface area contributed by atoms with Crippen LogP contribution < -0.4 is 4.90 Å². The number of hydrogen-bond donors (Lipinski definition) is 0. The molecule has 5 rings (SSSR count). The van der Waals surface area contributed by atoms with Crippen LogP contribution in [0.15, 0.2) is 42.6 Å². The number of amides is 1. The van der Waals surface area contributed by atoms with E-state index in [1.54, 1.807) is 36.3 Å². The van der Waals surface area contributed by atoms with E-state index in [-0.39, 0.29) is 5.91 Å². The van der Waals surface area contributed by atoms with Gasteiger partial charge in [-0.25, -0.2) is 19.9 Å². The molecule has 4 aromatic rings. The third kappa shape index (κ3) is 2.39. The Morgan fingerprint density at radius 3 is 2.65 bits per heavy atom. The molecule has 0 saturated carbocycles. The number of carbonyl (C=O) groups is 1. The van der Waals surface area contributed by atoms with Crippen molar-refractivity contribution in [3.05, 3.63) is 48.3 Å². The van der Waals surface area contributed by atoms with Gasteiger partial charge in [-0.1, -0.05) is 0 Å². The number of carbonyl (C=O) groups excluding carboxylic acids is 1. The third-order valence-corrected chi connectivity index (χ3v) is 5.50. The maximum Gasteiger partial charge on any atom is 0.276 e. The van der Waals surface area contributed by atoms with Crippen molar-refractivity contribution in [2.75, 3.05) is 31.1 Å². The molecule has 1 amide bonds. The lowest BCUT2D eigenvalue weighted by Gasteiger charge is -2.35. The highest BCUT2D eigenvalue weighted by atomic mass is 32.1. The zero-order valence-corrected chi connectivity index (χ0v) is 14.6. The number of rotatable bonds is 2. The van der Waals surface area contributed by atoms with Gasteiger partial charge in [-0.3, -0.25) is 4.79 Å². The summed E-state index contributed by atoms with van der Waals surface area (Å²) < 4.78 is 2.90. The molecule has 0 radical (unpaired) electrons. The number of hydrogen-bond acceptors (Lipinski definition) is 7. The summed E-state index contributed by atoms with van der Waals surface area (Å²) in [5.41, 5.74) is 1.96. The Balaban J connectivity index is 1.36. The quantitative estimate of drug-likeness (QED) is 0.538. The largest absolute Gasteiger partial charge is 0.352 e. The van der Waals surface area contributed by atoms with Crippen molar-refractivity contribution in [3.8, 4) is 0 Å². The van der Waals surface area contributed by atoms with Crippen LogP contribution in [-0.4, -0.2) is 61.3 Å². The highest BCUT2D eigenvalue weighted by Gasteiger charge is 2.26. The summed E-state index contributed by atoms with van der Waals surface area (Å²) in [6.45, 7) is 2.71. The van der Waals surface area contributed by atoms with Gasteiger partial charge in [0, 0.05) is 51.0 Å². The normalized spacial score (nSPS) is 15.1. The van der Waals surface area contributed by atoms with Crippen molar-refractivity contribution in [2.45, 2.75) is 0 Å². The molecule has 1 aliphatic heterocycles. The Labute approximate surface area is 152 Å². The first-order chi connectivity index (χ1) is 12.8. The molecule has 1 saturated heterocycles. The van der Waals surface area contributed by atoms with Gasteiger partial charge in [-0.15, -0.1) is 11.3 Å². The van der Waals surface area contributed by atoms with Crippen molar-refractivity contribution in [1.29, 1.82) is 0 Å². The van der Waals surface area contributed by atoms with Crippen LogP contribution in [0.25, 0.3) is 15.9 Å². The first kappa shape index (κ1) is 15.2. The summed E-state index contributed by atoms with van der Waals surface area (Å²) >= 11 is 1.65. The van der Waals surface area contributed by atoms with Crippen LogP contribution in [0.5, 0.6) is 0 Å². The Morgan fingerprint density at radius 1 is 1.00 bits per heavy atom. The van der Waals surface area contributed by atoms with E-state index in [4.69, 9.17) is 0 Å². The van der Waals surface area contributed by atoms with Crippen molar-refractivity contribution in [2.24, 2.45) is 0 Å². The fraction of sp³-hybridized carbons (Fsp3) is 0.235. The van der Waals surface area contributed by atoms with Gasteiger partial charge in [0.15, 0.2) is 11.3 Å². The van der Waals surface area contributed by atoms with E-state index in [0.717, 1.165) is 29.1 Å². The maximum atomic E-state index is 12.9. The van der Waals surface area contributed by atoms with Gasteiger partial charge in [0.05, 0.1) is 10.2 Å². The number of nitrogens with zero attached hydrogens (tertiary/aromatic N) is 7. The molecule has 1 fully saturated rings. The van der Waals surface area contributed by atoms with Gasteiger partial charge in [-0.05, 0) is 11.4 Å². The van der Waals surface area contributed by atoms with Crippen LogP contribution in [0.2, 0.25) is 0 Å². The second-order valence-corrected chi connectivity index (χ2v) is 6.96. The maximum absolute atomic E-state index is 12.9. The Hall–Kier alpha value is -3.07. The van der Waals surface area contributed by atoms with Crippen molar-refractivity contribution in [3.63, 3.8) is 0 Å². The minimum absolute atomic E-state index is 0.0783. The topological polar surface area (TPSA) is 79.5 Å². The van der Waals surface area contributed by atoms with Gasteiger partial charge < -0.3 is 14.2 Å². The molecular formula is C17H15N7OS. The molecule has 1 aliphatic rings. The number of fused-ring (bicyclic) bond motifs is 2. The zero-order chi connectivity index (χ0) is 17.5. The van der Waals surface area contributed by atoms with Gasteiger partial charge in [-0.2, -0.15) is 0 Å². The first-order valence-corrected chi connectivity index (χ1v) is 9.19. The van der Waals surface area contributed by atoms with E-state index in [9.17, 15) is 4.79 Å². The number of piperazine rings is 1. The van der Waals surface area contributed by atoms with E-state index in [1.165, 1.54) is 0 Å². The average molecular weight is 365 g/mol. The smallest absolute Gasteiger partial charge is 0.276 e. The Bertz CT molecular complexity index is 1100. The number of imidazole rings is 1. The second kappa shape index (κ2) is 6.03. The summed E-state index contributed by atoms with van der Waals surface area (Å²) in [6, 6.07) is 2.00. The molecule has 130 valence electrons. The molecule has 0 N–H and O–H groups in total. The monoisotopic (exact) mass is 365 g/mol. The SMILES string of the molecule is O=C(c1nccn2ccnc12)N1CCN(c2ncnc3ccsc23)CC1. The van der Waals surface area contributed by atoms with Gasteiger partial charge in [0.1, 0.15) is 12.1 Å². The van der Waals surface area contributed by atoms with Crippen molar-refractivity contribution >= 4 is 38.9 Å². The van der Waals surface area contributed by atoms with Gasteiger partial charge >= 0.3 is 0 Å². The van der Waals surface area contributed by atoms with Crippen LogP contribution in [0, 0.1) is 0 Å². The fourth-order valence-electron chi connectivity index (χ4n) is 3.28. The summed E-state index contributed by atoms with van der Waals surface area (Å²) in [5.74, 6) is 0.871. The number of anilines is 1. The summed E-state index contributed by atoms with van der Waals surface area (Å²) in [5, 5.41) is 2.03. The summed E-state index contributed by atoms with van der Waals surface area (Å²) in [4.78, 5) is 34.2. The lowest BCUT2D eigenvalue weighted by molar-refractivity contribution is 0.0742. The molecule has 0 aliphatic carbocycles. The fourth-order valence-corrected chi connectivity index (χ4v) is 4.14. The van der Waals surface area contributed by atoms with E-state index in [2.05, 4.69) is 24.8 Å². The van der Waals surface area contributed by atoms with Crippen LogP contribution in [-0.2, 0) is 0 Å². The van der Waals surface area contributed by atoms with E-state index in [0.29, 0.717) is 24.4 Å². The third-order valence-electron chi connectivity index (χ3n) is 4.60. The van der Waals surface area contributed by atoms with E-state index in [1.807, 2.05) is 26.9 Å². The molecule has 26 heavy (non-hydrogen) atoms. The summed E-state index contributed by atoms with van der Waals surface area (Å²) in [7, 11) is 0. The molecule has 8 nitrogen and oxygen atoms in total. The van der Waals surface area contributed by atoms with Crippen LogP contribution >= 0.6 is 11.3 Å². The zero-order valence-electron chi connectivity index (χ0n) is 13.8. The minimum Gasteiger partial charge on any atom is -0.352 e. The van der Waals surface area contributed by atoms with E-state index < -0.39 is 0 Å².